The molecule has 1 atom stereocenters. The highest BCUT2D eigenvalue weighted by Gasteiger charge is 2.22. The predicted octanol–water partition coefficient (Wildman–Crippen LogP) is 5.03. The second-order valence-electron chi connectivity index (χ2n) is 8.03. The number of hydrogen-bond donors (Lipinski definition) is 1. The van der Waals surface area contributed by atoms with Gasteiger partial charge in [0.25, 0.3) is 0 Å². The molecular formula is C27H30NO4P. The van der Waals surface area contributed by atoms with Gasteiger partial charge in [0.1, 0.15) is 11.4 Å². The number of hydrogen-bond acceptors (Lipinski definition) is 4. The van der Waals surface area contributed by atoms with Crippen molar-refractivity contribution in [2.24, 2.45) is 0 Å². The largest absolute Gasteiger partial charge is 0.444 e. The Labute approximate surface area is 197 Å². The average Bonchev–Trinajstić information content (AvgIpc) is 2.75. The van der Waals surface area contributed by atoms with Crippen molar-refractivity contribution in [2.75, 3.05) is 6.54 Å². The molecule has 5 nitrogen and oxygen atoms in total. The molecule has 0 aliphatic rings. The molecule has 2 rings (SSSR count). The smallest absolute Gasteiger partial charge is 0.407 e. The van der Waals surface area contributed by atoms with Gasteiger partial charge in [0.15, 0.2) is 0 Å². The van der Waals surface area contributed by atoms with Crippen LogP contribution in [0.3, 0.4) is 0 Å². The second-order valence-corrected chi connectivity index (χ2v) is 10.2. The minimum Gasteiger partial charge on any atom is -0.444 e. The van der Waals surface area contributed by atoms with E-state index < -0.39 is 25.6 Å². The van der Waals surface area contributed by atoms with Crippen molar-refractivity contribution in [1.82, 2.24) is 5.32 Å². The first-order chi connectivity index (χ1) is 15.7. The van der Waals surface area contributed by atoms with Crippen molar-refractivity contribution >= 4 is 30.6 Å². The van der Waals surface area contributed by atoms with Crippen LogP contribution in [0.5, 0.6) is 5.75 Å². The fourth-order valence-electron chi connectivity index (χ4n) is 2.93. The van der Waals surface area contributed by atoms with Gasteiger partial charge in [-0.2, -0.15) is 0 Å². The van der Waals surface area contributed by atoms with E-state index in [9.17, 15) is 9.59 Å². The lowest BCUT2D eigenvalue weighted by atomic mass is 10.2. The highest BCUT2D eigenvalue weighted by Crippen LogP contribution is 2.45. The Morgan fingerprint density at radius 2 is 1.76 bits per heavy atom. The van der Waals surface area contributed by atoms with Crippen LogP contribution >= 0.6 is 7.92 Å². The molecule has 0 aliphatic carbocycles. The zero-order valence-electron chi connectivity index (χ0n) is 19.5. The van der Waals surface area contributed by atoms with Gasteiger partial charge in [0.2, 0.25) is 0 Å². The van der Waals surface area contributed by atoms with Crippen molar-refractivity contribution in [1.29, 1.82) is 0 Å². The highest BCUT2D eigenvalue weighted by atomic mass is 31.1. The van der Waals surface area contributed by atoms with Gasteiger partial charge in [0, 0.05) is 11.8 Å². The second kappa shape index (κ2) is 12.6. The molecule has 2 aromatic rings. The van der Waals surface area contributed by atoms with Crippen LogP contribution in [0.1, 0.15) is 34.1 Å². The van der Waals surface area contributed by atoms with E-state index in [-0.39, 0.29) is 13.0 Å². The Morgan fingerprint density at radius 3 is 2.39 bits per heavy atom. The lowest BCUT2D eigenvalue weighted by molar-refractivity contribution is -0.134. The number of rotatable bonds is 8. The number of nitrogens with one attached hydrogen (secondary N) is 1. The van der Waals surface area contributed by atoms with E-state index in [1.165, 1.54) is 0 Å². The number of para-hydroxylation sites is 1. The summed E-state index contributed by atoms with van der Waals surface area (Å²) in [5, 5.41) is 5.51. The average molecular weight is 464 g/mol. The Morgan fingerprint density at radius 1 is 1.09 bits per heavy atom. The van der Waals surface area contributed by atoms with Gasteiger partial charge in [-0.15, -0.1) is 6.42 Å². The minimum absolute atomic E-state index is 0.0127. The summed E-state index contributed by atoms with van der Waals surface area (Å²) in [7, 11) is -1.05. The molecule has 0 saturated carbocycles. The number of benzene rings is 2. The van der Waals surface area contributed by atoms with Gasteiger partial charge >= 0.3 is 12.1 Å². The molecule has 0 saturated heterocycles. The standard InChI is InChI=1S/C27H30NO4P/c1-6-13-21(14-7-2)33(22-15-9-8-10-16-22)24-18-12-11-17-23(24)31-25(29)19-20-28-26(30)32-27(3,4)5/h1,7-18H,19-20H2,2-5H3,(H,28,30). The molecular weight excluding hydrogens is 433 g/mol. The summed E-state index contributed by atoms with van der Waals surface area (Å²) >= 11 is 0. The summed E-state index contributed by atoms with van der Waals surface area (Å²) in [5.74, 6) is 2.66. The van der Waals surface area contributed by atoms with Crippen molar-refractivity contribution in [3.63, 3.8) is 0 Å². The van der Waals surface area contributed by atoms with E-state index in [1.54, 1.807) is 32.9 Å². The third-order valence-corrected chi connectivity index (χ3v) is 6.63. The number of ether oxygens (including phenoxy) is 2. The van der Waals surface area contributed by atoms with Crippen LogP contribution in [0.15, 0.2) is 78.1 Å². The van der Waals surface area contributed by atoms with Crippen molar-refractivity contribution < 1.29 is 19.1 Å². The summed E-state index contributed by atoms with van der Waals surface area (Å²) < 4.78 is 10.9. The van der Waals surface area contributed by atoms with Crippen LogP contribution in [-0.4, -0.2) is 24.2 Å². The molecule has 0 spiro atoms. The molecule has 1 N–H and O–H groups in total. The molecule has 1 amide bonds. The van der Waals surface area contributed by atoms with E-state index in [0.29, 0.717) is 5.75 Å². The molecule has 172 valence electrons. The number of terminal acetylenes is 1. The van der Waals surface area contributed by atoms with E-state index in [0.717, 1.165) is 15.9 Å². The first-order valence-corrected chi connectivity index (χ1v) is 12.0. The van der Waals surface area contributed by atoms with E-state index in [1.807, 2.05) is 67.6 Å². The van der Waals surface area contributed by atoms with Gasteiger partial charge in [-0.25, -0.2) is 4.79 Å². The van der Waals surface area contributed by atoms with Gasteiger partial charge in [-0.3, -0.25) is 4.79 Å². The van der Waals surface area contributed by atoms with Crippen molar-refractivity contribution in [2.45, 2.75) is 39.7 Å². The quantitative estimate of drug-likeness (QED) is 0.196. The normalized spacial score (nSPS) is 12.6. The minimum atomic E-state index is -1.05. The fraction of sp³-hybridized carbons (Fsp3) is 0.259. The van der Waals surface area contributed by atoms with Crippen LogP contribution in [-0.2, 0) is 9.53 Å². The lowest BCUT2D eigenvalue weighted by Crippen LogP contribution is -2.34. The summed E-state index contributed by atoms with van der Waals surface area (Å²) in [6, 6.07) is 17.5. The van der Waals surface area contributed by atoms with E-state index in [4.69, 9.17) is 15.9 Å². The molecule has 0 radical (unpaired) electrons. The Balaban J connectivity index is 2.24. The molecule has 2 aromatic carbocycles. The lowest BCUT2D eigenvalue weighted by Gasteiger charge is -2.22. The van der Waals surface area contributed by atoms with E-state index >= 15 is 0 Å². The molecule has 6 heteroatoms. The molecule has 0 fully saturated rings. The Kier molecular flexibility index (Phi) is 9.91. The van der Waals surface area contributed by atoms with Gasteiger partial charge in [0.05, 0.1) is 6.42 Å². The summed E-state index contributed by atoms with van der Waals surface area (Å²) in [5.41, 5.74) is -0.602. The van der Waals surface area contributed by atoms with Gasteiger partial charge in [-0.05, 0) is 58.4 Å². The first kappa shape index (κ1) is 25.9. The molecule has 0 aromatic heterocycles. The molecule has 0 heterocycles. The molecule has 0 aliphatic heterocycles. The fourth-order valence-corrected chi connectivity index (χ4v) is 5.33. The number of alkyl carbamates (subject to hydrolysis) is 1. The van der Waals surface area contributed by atoms with Crippen LogP contribution in [0, 0.1) is 12.3 Å². The van der Waals surface area contributed by atoms with Gasteiger partial charge in [-0.1, -0.05) is 66.6 Å². The van der Waals surface area contributed by atoms with Crippen LogP contribution < -0.4 is 20.7 Å². The monoisotopic (exact) mass is 463 g/mol. The predicted molar refractivity (Wildman–Crippen MR) is 135 cm³/mol. The maximum absolute atomic E-state index is 12.5. The third-order valence-electron chi connectivity index (χ3n) is 4.17. The maximum Gasteiger partial charge on any atom is 0.407 e. The van der Waals surface area contributed by atoms with Crippen LogP contribution in [0.4, 0.5) is 4.79 Å². The first-order valence-electron chi connectivity index (χ1n) is 10.7. The number of carbonyl (C=O) groups is 2. The summed E-state index contributed by atoms with van der Waals surface area (Å²) in [6.45, 7) is 7.38. The Bertz CT molecular complexity index is 1050. The maximum atomic E-state index is 12.5. The topological polar surface area (TPSA) is 64.6 Å². The number of carbonyl (C=O) groups excluding carboxylic acids is 2. The van der Waals surface area contributed by atoms with E-state index in [2.05, 4.69) is 11.2 Å². The van der Waals surface area contributed by atoms with Crippen LogP contribution in [0.2, 0.25) is 0 Å². The van der Waals surface area contributed by atoms with Crippen molar-refractivity contribution in [3.05, 3.63) is 78.1 Å². The highest BCUT2D eigenvalue weighted by molar-refractivity contribution is 7.77. The third kappa shape index (κ3) is 8.60. The van der Waals surface area contributed by atoms with Gasteiger partial charge < -0.3 is 14.8 Å². The summed E-state index contributed by atoms with van der Waals surface area (Å²) in [4.78, 5) is 24.3. The van der Waals surface area contributed by atoms with Crippen LogP contribution in [0.25, 0.3) is 0 Å². The molecule has 33 heavy (non-hydrogen) atoms. The zero-order chi connectivity index (χ0) is 24.3. The molecule has 1 unspecified atom stereocenters. The van der Waals surface area contributed by atoms with Crippen molar-refractivity contribution in [3.8, 4) is 18.1 Å². The number of esters is 1. The SMILES string of the molecule is C#CC=C(C=CC)P(c1ccccc1)c1ccccc1OC(=O)CCNC(=O)OC(C)(C)C. The zero-order valence-corrected chi connectivity index (χ0v) is 20.4. The molecule has 0 bridgehead atoms. The number of amides is 1. The Hall–Kier alpha value is -3.35. The summed E-state index contributed by atoms with van der Waals surface area (Å²) in [6.07, 6.45) is 10.7. The number of allylic oxidation sites excluding steroid dienone is 4.